The molecule has 0 unspecified atom stereocenters. The molecule has 2 aromatic rings. The van der Waals surface area contributed by atoms with Gasteiger partial charge in [0.25, 0.3) is 5.56 Å². The Hall–Kier alpha value is -1.61. The highest BCUT2D eigenvalue weighted by Gasteiger charge is 2.24. The van der Waals surface area contributed by atoms with Crippen molar-refractivity contribution in [2.75, 3.05) is 19.6 Å². The molecule has 2 aliphatic rings. The summed E-state index contributed by atoms with van der Waals surface area (Å²) in [5.74, 6) is 0.723. The first kappa shape index (κ1) is 14.9. The lowest BCUT2D eigenvalue weighted by Crippen LogP contribution is -2.35. The van der Waals surface area contributed by atoms with Crippen molar-refractivity contribution < 1.29 is 0 Å². The Bertz CT molecular complexity index is 767. The summed E-state index contributed by atoms with van der Waals surface area (Å²) in [5.41, 5.74) is 3.77. The van der Waals surface area contributed by atoms with Crippen LogP contribution in [0.4, 0.5) is 0 Å². The van der Waals surface area contributed by atoms with Crippen molar-refractivity contribution in [3.05, 3.63) is 52.2 Å². The second-order valence-corrected chi connectivity index (χ2v) is 7.08. The Kier molecular flexibility index (Phi) is 3.98. The minimum atomic E-state index is 0.145. The van der Waals surface area contributed by atoms with Crippen molar-refractivity contribution in [2.24, 2.45) is 0 Å². The van der Waals surface area contributed by atoms with Crippen LogP contribution >= 0.6 is 0 Å². The standard InChI is InChI=1S/C20H25N2O/c1-15-13-20(23)22(12-11-21-9-3-2-4-10-21)19-14-17(16-5-6-16)7-8-18(15)19/h2,7-8,13-14,16H,3-6,9-12H2,1H3. The number of aromatic nitrogens is 1. The van der Waals surface area contributed by atoms with Gasteiger partial charge in [0.15, 0.2) is 0 Å². The fraction of sp³-hybridized carbons (Fsp3) is 0.500. The Labute approximate surface area is 137 Å². The van der Waals surface area contributed by atoms with Crippen LogP contribution in [0.5, 0.6) is 0 Å². The molecule has 2 fully saturated rings. The van der Waals surface area contributed by atoms with Crippen LogP contribution < -0.4 is 5.56 Å². The molecule has 1 radical (unpaired) electrons. The van der Waals surface area contributed by atoms with Gasteiger partial charge in [-0.3, -0.25) is 4.79 Å². The van der Waals surface area contributed by atoms with Gasteiger partial charge in [0.2, 0.25) is 0 Å². The van der Waals surface area contributed by atoms with E-state index < -0.39 is 0 Å². The normalized spacial score (nSPS) is 19.3. The minimum absolute atomic E-state index is 0.145. The Morgan fingerprint density at radius 3 is 2.61 bits per heavy atom. The molecular formula is C20H25N2O. The topological polar surface area (TPSA) is 25.2 Å². The lowest BCUT2D eigenvalue weighted by Gasteiger charge is -2.26. The molecule has 23 heavy (non-hydrogen) atoms. The van der Waals surface area contributed by atoms with Gasteiger partial charge in [-0.25, -0.2) is 0 Å². The Morgan fingerprint density at radius 2 is 1.87 bits per heavy atom. The highest BCUT2D eigenvalue weighted by molar-refractivity contribution is 5.83. The van der Waals surface area contributed by atoms with Crippen molar-refractivity contribution in [1.82, 2.24) is 9.47 Å². The van der Waals surface area contributed by atoms with Gasteiger partial charge in [0, 0.05) is 24.5 Å². The molecule has 3 nitrogen and oxygen atoms in total. The van der Waals surface area contributed by atoms with Gasteiger partial charge in [-0.05, 0) is 75.2 Å². The van der Waals surface area contributed by atoms with E-state index in [1.54, 1.807) is 6.07 Å². The van der Waals surface area contributed by atoms with E-state index in [4.69, 9.17) is 0 Å². The van der Waals surface area contributed by atoms with Gasteiger partial charge >= 0.3 is 0 Å². The maximum absolute atomic E-state index is 12.6. The van der Waals surface area contributed by atoms with Crippen LogP contribution in [-0.2, 0) is 6.54 Å². The summed E-state index contributed by atoms with van der Waals surface area (Å²) in [4.78, 5) is 15.0. The Balaban J connectivity index is 1.68. The first-order valence-electron chi connectivity index (χ1n) is 8.90. The highest BCUT2D eigenvalue weighted by Crippen LogP contribution is 2.40. The molecule has 0 amide bonds. The quantitative estimate of drug-likeness (QED) is 0.864. The first-order chi connectivity index (χ1) is 11.2. The fourth-order valence-electron chi connectivity index (χ4n) is 3.74. The third kappa shape index (κ3) is 3.07. The third-order valence-electron chi connectivity index (χ3n) is 5.33. The summed E-state index contributed by atoms with van der Waals surface area (Å²) in [6.45, 7) is 6.08. The van der Waals surface area contributed by atoms with Crippen LogP contribution in [0.2, 0.25) is 0 Å². The van der Waals surface area contributed by atoms with Crippen LogP contribution in [0.25, 0.3) is 10.9 Å². The zero-order chi connectivity index (χ0) is 15.8. The molecule has 3 heteroatoms. The number of hydrogen-bond acceptors (Lipinski definition) is 2. The highest BCUT2D eigenvalue weighted by atomic mass is 16.1. The number of rotatable bonds is 4. The van der Waals surface area contributed by atoms with Gasteiger partial charge in [0.05, 0.1) is 5.52 Å². The largest absolute Gasteiger partial charge is 0.307 e. The second-order valence-electron chi connectivity index (χ2n) is 7.08. The molecule has 0 atom stereocenters. The molecule has 1 aromatic carbocycles. The number of pyridine rings is 1. The summed E-state index contributed by atoms with van der Waals surface area (Å²) in [5, 5.41) is 1.22. The molecular weight excluding hydrogens is 284 g/mol. The van der Waals surface area contributed by atoms with Crippen LogP contribution in [0.15, 0.2) is 29.1 Å². The zero-order valence-electron chi connectivity index (χ0n) is 13.9. The lowest BCUT2D eigenvalue weighted by atomic mass is 10.0. The number of likely N-dealkylation sites (tertiary alicyclic amines) is 1. The summed E-state index contributed by atoms with van der Waals surface area (Å²) < 4.78 is 1.99. The monoisotopic (exact) mass is 309 g/mol. The van der Waals surface area contributed by atoms with Crippen molar-refractivity contribution in [1.29, 1.82) is 0 Å². The van der Waals surface area contributed by atoms with E-state index in [-0.39, 0.29) is 5.56 Å². The van der Waals surface area contributed by atoms with E-state index in [0.717, 1.165) is 43.2 Å². The van der Waals surface area contributed by atoms with E-state index in [9.17, 15) is 4.79 Å². The third-order valence-corrected chi connectivity index (χ3v) is 5.33. The van der Waals surface area contributed by atoms with Gasteiger partial charge in [-0.2, -0.15) is 0 Å². The van der Waals surface area contributed by atoms with Gasteiger partial charge in [-0.1, -0.05) is 12.1 Å². The maximum atomic E-state index is 12.6. The van der Waals surface area contributed by atoms with Crippen LogP contribution in [0, 0.1) is 13.3 Å². The van der Waals surface area contributed by atoms with E-state index in [2.05, 4.69) is 29.5 Å². The zero-order valence-corrected chi connectivity index (χ0v) is 13.9. The second kappa shape index (κ2) is 6.12. The van der Waals surface area contributed by atoms with Gasteiger partial charge in [0.1, 0.15) is 0 Å². The molecule has 1 saturated heterocycles. The number of benzene rings is 1. The van der Waals surface area contributed by atoms with E-state index in [0.29, 0.717) is 0 Å². The maximum Gasteiger partial charge on any atom is 0.251 e. The van der Waals surface area contributed by atoms with Gasteiger partial charge in [-0.15, -0.1) is 0 Å². The van der Waals surface area contributed by atoms with E-state index in [1.165, 1.54) is 36.6 Å². The summed E-state index contributed by atoms with van der Waals surface area (Å²) in [6, 6.07) is 8.53. The number of nitrogens with zero attached hydrogens (tertiary/aromatic N) is 2. The van der Waals surface area contributed by atoms with Crippen LogP contribution in [0.1, 0.15) is 42.7 Å². The number of piperidine rings is 1. The molecule has 1 aromatic heterocycles. The van der Waals surface area contributed by atoms with Crippen molar-refractivity contribution >= 4 is 10.9 Å². The predicted molar refractivity (Wildman–Crippen MR) is 94.9 cm³/mol. The fourth-order valence-corrected chi connectivity index (χ4v) is 3.74. The molecule has 1 aliphatic heterocycles. The summed E-state index contributed by atoms with van der Waals surface area (Å²) in [6.07, 6.45) is 7.31. The molecule has 4 rings (SSSR count). The first-order valence-corrected chi connectivity index (χ1v) is 8.90. The van der Waals surface area contributed by atoms with Gasteiger partial charge < -0.3 is 9.47 Å². The smallest absolute Gasteiger partial charge is 0.251 e. The molecule has 1 saturated carbocycles. The Morgan fingerprint density at radius 1 is 1.09 bits per heavy atom. The minimum Gasteiger partial charge on any atom is -0.307 e. The van der Waals surface area contributed by atoms with Crippen molar-refractivity contribution in [3.63, 3.8) is 0 Å². The van der Waals surface area contributed by atoms with Crippen LogP contribution in [-0.4, -0.2) is 29.1 Å². The molecule has 0 bridgehead atoms. The number of aryl methyl sites for hydroxylation is 1. The van der Waals surface area contributed by atoms with Crippen LogP contribution in [0.3, 0.4) is 0 Å². The SMILES string of the molecule is Cc1cc(=O)n(CCN2CC[CH]CC2)c2cc(C3CC3)ccc12. The molecule has 0 N–H and O–H groups in total. The molecule has 1 aliphatic carbocycles. The van der Waals surface area contributed by atoms with Crippen molar-refractivity contribution in [2.45, 2.75) is 45.1 Å². The predicted octanol–water partition coefficient (Wildman–Crippen LogP) is 3.49. The molecule has 121 valence electrons. The summed E-state index contributed by atoms with van der Waals surface area (Å²) >= 11 is 0. The average Bonchev–Trinajstić information content (AvgIpc) is 3.40. The average molecular weight is 309 g/mol. The molecule has 0 spiro atoms. The molecule has 2 heterocycles. The lowest BCUT2D eigenvalue weighted by molar-refractivity contribution is 0.245. The summed E-state index contributed by atoms with van der Waals surface area (Å²) in [7, 11) is 0. The van der Waals surface area contributed by atoms with E-state index in [1.807, 2.05) is 11.5 Å². The van der Waals surface area contributed by atoms with Crippen molar-refractivity contribution in [3.8, 4) is 0 Å². The van der Waals surface area contributed by atoms with E-state index >= 15 is 0 Å². The number of fused-ring (bicyclic) bond motifs is 1. The number of hydrogen-bond donors (Lipinski definition) is 0.